The molecule has 15 heavy (non-hydrogen) atoms. The summed E-state index contributed by atoms with van der Waals surface area (Å²) in [6, 6.07) is 0. The van der Waals surface area contributed by atoms with E-state index < -0.39 is 10.8 Å². The van der Waals surface area contributed by atoms with Crippen molar-refractivity contribution in [3.05, 3.63) is 17.3 Å². The maximum absolute atomic E-state index is 11.1. The summed E-state index contributed by atoms with van der Waals surface area (Å²) in [5.74, 6) is 1.55. The van der Waals surface area contributed by atoms with E-state index in [1.165, 1.54) is 0 Å². The van der Waals surface area contributed by atoms with Gasteiger partial charge < -0.3 is 9.73 Å². The molecule has 2 unspecified atom stereocenters. The second kappa shape index (κ2) is 5.42. The lowest BCUT2D eigenvalue weighted by atomic mass is 10.4. The standard InChI is InChI=1S/C10H18N2O2S/c1-7(15(4)13)5-11-6-10-12-8(2)9(3)14-10/h7,11H,5-6H2,1-4H3. The Balaban J connectivity index is 2.35. The lowest BCUT2D eigenvalue weighted by Gasteiger charge is -2.07. The van der Waals surface area contributed by atoms with Crippen LogP contribution in [0.5, 0.6) is 0 Å². The molecule has 1 rings (SSSR count). The first-order valence-corrected chi connectivity index (χ1v) is 6.58. The summed E-state index contributed by atoms with van der Waals surface area (Å²) < 4.78 is 16.5. The van der Waals surface area contributed by atoms with Crippen molar-refractivity contribution >= 4 is 10.8 Å². The lowest BCUT2D eigenvalue weighted by Crippen LogP contribution is -2.27. The number of oxazole rings is 1. The van der Waals surface area contributed by atoms with Gasteiger partial charge in [-0.05, 0) is 20.8 Å². The number of rotatable bonds is 5. The molecule has 1 aromatic heterocycles. The van der Waals surface area contributed by atoms with Gasteiger partial charge in [-0.2, -0.15) is 0 Å². The minimum absolute atomic E-state index is 0.155. The van der Waals surface area contributed by atoms with Crippen LogP contribution < -0.4 is 5.32 Å². The van der Waals surface area contributed by atoms with Crippen molar-refractivity contribution in [2.45, 2.75) is 32.6 Å². The molecule has 0 aromatic carbocycles. The largest absolute Gasteiger partial charge is 0.444 e. The second-order valence-corrected chi connectivity index (χ2v) is 5.49. The van der Waals surface area contributed by atoms with Gasteiger partial charge in [-0.15, -0.1) is 0 Å². The minimum Gasteiger partial charge on any atom is -0.444 e. The minimum atomic E-state index is -0.781. The summed E-state index contributed by atoms with van der Waals surface area (Å²) in [5, 5.41) is 3.33. The summed E-state index contributed by atoms with van der Waals surface area (Å²) in [6.07, 6.45) is 1.71. The monoisotopic (exact) mass is 230 g/mol. The van der Waals surface area contributed by atoms with Crippen LogP contribution in [0.15, 0.2) is 4.42 Å². The Morgan fingerprint density at radius 3 is 2.67 bits per heavy atom. The highest BCUT2D eigenvalue weighted by atomic mass is 32.2. The number of hydrogen-bond acceptors (Lipinski definition) is 4. The van der Waals surface area contributed by atoms with Gasteiger partial charge in [0.1, 0.15) is 5.76 Å². The van der Waals surface area contributed by atoms with E-state index >= 15 is 0 Å². The van der Waals surface area contributed by atoms with E-state index in [0.717, 1.165) is 11.5 Å². The number of aryl methyl sites for hydroxylation is 2. The van der Waals surface area contributed by atoms with Gasteiger partial charge in [0.25, 0.3) is 0 Å². The molecule has 0 saturated carbocycles. The van der Waals surface area contributed by atoms with E-state index in [1.54, 1.807) is 6.26 Å². The van der Waals surface area contributed by atoms with Crippen LogP contribution in [-0.4, -0.2) is 27.2 Å². The molecule has 0 aliphatic heterocycles. The van der Waals surface area contributed by atoms with E-state index in [-0.39, 0.29) is 5.25 Å². The predicted molar refractivity (Wildman–Crippen MR) is 61.2 cm³/mol. The summed E-state index contributed by atoms with van der Waals surface area (Å²) in [4.78, 5) is 4.25. The van der Waals surface area contributed by atoms with Crippen LogP contribution in [-0.2, 0) is 17.3 Å². The number of hydrogen-bond donors (Lipinski definition) is 1. The van der Waals surface area contributed by atoms with Gasteiger partial charge in [0.05, 0.1) is 12.2 Å². The highest BCUT2D eigenvalue weighted by Gasteiger charge is 2.08. The van der Waals surface area contributed by atoms with Crippen molar-refractivity contribution in [3.8, 4) is 0 Å². The van der Waals surface area contributed by atoms with Crippen molar-refractivity contribution in [3.63, 3.8) is 0 Å². The number of aromatic nitrogens is 1. The van der Waals surface area contributed by atoms with E-state index in [4.69, 9.17) is 4.42 Å². The Morgan fingerprint density at radius 2 is 2.20 bits per heavy atom. The molecule has 0 fully saturated rings. The van der Waals surface area contributed by atoms with E-state index in [0.29, 0.717) is 19.0 Å². The van der Waals surface area contributed by atoms with Crippen LogP contribution in [0, 0.1) is 13.8 Å². The van der Waals surface area contributed by atoms with Gasteiger partial charge in [0.2, 0.25) is 5.89 Å². The molecule has 0 saturated heterocycles. The number of nitrogens with zero attached hydrogens (tertiary/aromatic N) is 1. The second-order valence-electron chi connectivity index (χ2n) is 3.69. The van der Waals surface area contributed by atoms with E-state index in [9.17, 15) is 4.21 Å². The van der Waals surface area contributed by atoms with Gasteiger partial charge in [-0.25, -0.2) is 4.98 Å². The van der Waals surface area contributed by atoms with Gasteiger partial charge >= 0.3 is 0 Å². The molecular weight excluding hydrogens is 212 g/mol. The molecule has 86 valence electrons. The smallest absolute Gasteiger partial charge is 0.208 e. The Labute approximate surface area is 92.9 Å². The highest BCUT2D eigenvalue weighted by Crippen LogP contribution is 2.07. The molecule has 0 aliphatic carbocycles. The molecule has 5 heteroatoms. The number of nitrogens with one attached hydrogen (secondary N) is 1. The Hall–Kier alpha value is -0.680. The molecule has 4 nitrogen and oxygen atoms in total. The molecule has 0 amide bonds. The molecular formula is C10H18N2O2S. The normalized spacial score (nSPS) is 15.2. The summed E-state index contributed by atoms with van der Waals surface area (Å²) in [6.45, 7) is 7.08. The van der Waals surface area contributed by atoms with E-state index in [1.807, 2.05) is 20.8 Å². The molecule has 0 radical (unpaired) electrons. The zero-order valence-electron chi connectivity index (χ0n) is 9.66. The molecule has 1 N–H and O–H groups in total. The Kier molecular flexibility index (Phi) is 4.47. The average molecular weight is 230 g/mol. The van der Waals surface area contributed by atoms with Crippen molar-refractivity contribution in [2.24, 2.45) is 0 Å². The fourth-order valence-corrected chi connectivity index (χ4v) is 1.47. The first-order chi connectivity index (χ1) is 7.00. The molecule has 1 aromatic rings. The first kappa shape index (κ1) is 12.4. The molecule has 0 spiro atoms. The topological polar surface area (TPSA) is 55.1 Å². The molecule has 0 bridgehead atoms. The van der Waals surface area contributed by atoms with Gasteiger partial charge in [0.15, 0.2) is 0 Å². The maximum Gasteiger partial charge on any atom is 0.208 e. The van der Waals surface area contributed by atoms with Crippen molar-refractivity contribution < 1.29 is 8.63 Å². The van der Waals surface area contributed by atoms with Crippen LogP contribution in [0.25, 0.3) is 0 Å². The van der Waals surface area contributed by atoms with Crippen LogP contribution in [0.1, 0.15) is 24.3 Å². The summed E-state index contributed by atoms with van der Waals surface area (Å²) in [5.41, 5.74) is 0.930. The summed E-state index contributed by atoms with van der Waals surface area (Å²) in [7, 11) is -0.781. The quantitative estimate of drug-likeness (QED) is 0.824. The third-order valence-electron chi connectivity index (χ3n) is 2.35. The fourth-order valence-electron chi connectivity index (χ4n) is 1.11. The highest BCUT2D eigenvalue weighted by molar-refractivity contribution is 7.84. The SMILES string of the molecule is Cc1nc(CNCC(C)S(C)=O)oc1C. The maximum atomic E-state index is 11.1. The fraction of sp³-hybridized carbons (Fsp3) is 0.700. The van der Waals surface area contributed by atoms with Gasteiger partial charge in [-0.1, -0.05) is 0 Å². The third-order valence-corrected chi connectivity index (χ3v) is 3.65. The van der Waals surface area contributed by atoms with Crippen molar-refractivity contribution in [1.82, 2.24) is 10.3 Å². The zero-order valence-corrected chi connectivity index (χ0v) is 10.5. The van der Waals surface area contributed by atoms with E-state index in [2.05, 4.69) is 10.3 Å². The molecule has 1 heterocycles. The average Bonchev–Trinajstić information content (AvgIpc) is 2.46. The van der Waals surface area contributed by atoms with Crippen LogP contribution in [0.3, 0.4) is 0 Å². The van der Waals surface area contributed by atoms with Gasteiger partial charge in [-0.3, -0.25) is 4.21 Å². The van der Waals surface area contributed by atoms with Gasteiger partial charge in [0, 0.05) is 28.9 Å². The molecule has 0 aliphatic rings. The van der Waals surface area contributed by atoms with Crippen LogP contribution in [0.4, 0.5) is 0 Å². The van der Waals surface area contributed by atoms with Crippen LogP contribution >= 0.6 is 0 Å². The van der Waals surface area contributed by atoms with Crippen molar-refractivity contribution in [1.29, 1.82) is 0 Å². The zero-order chi connectivity index (χ0) is 11.4. The Bertz CT molecular complexity index is 330. The first-order valence-electron chi connectivity index (χ1n) is 4.96. The molecule has 2 atom stereocenters. The third kappa shape index (κ3) is 3.76. The lowest BCUT2D eigenvalue weighted by molar-refractivity contribution is 0.449. The predicted octanol–water partition coefficient (Wildman–Crippen LogP) is 1.15. The summed E-state index contributed by atoms with van der Waals surface area (Å²) >= 11 is 0. The van der Waals surface area contributed by atoms with Crippen LogP contribution in [0.2, 0.25) is 0 Å². The Morgan fingerprint density at radius 1 is 1.53 bits per heavy atom. The van der Waals surface area contributed by atoms with Crippen molar-refractivity contribution in [2.75, 3.05) is 12.8 Å².